The number of hydrogen-bond donors (Lipinski definition) is 2. The Morgan fingerprint density at radius 1 is 0.950 bits per heavy atom. The van der Waals surface area contributed by atoms with E-state index in [0.717, 1.165) is 11.1 Å². The molecule has 0 unspecified atom stereocenters. The molecule has 0 aromatic heterocycles. The van der Waals surface area contributed by atoms with E-state index in [-0.39, 0.29) is 6.42 Å². The molecule has 0 heterocycles. The summed E-state index contributed by atoms with van der Waals surface area (Å²) in [4.78, 5) is 22.1. The summed E-state index contributed by atoms with van der Waals surface area (Å²) < 4.78 is 0. The maximum Gasteiger partial charge on any atom is 0.304 e. The number of carbonyl (C=O) groups is 2. The minimum atomic E-state index is -1.04. The Morgan fingerprint density at radius 2 is 1.50 bits per heavy atom. The Labute approximate surface area is 116 Å². The third-order valence-electron chi connectivity index (χ3n) is 3.14. The van der Waals surface area contributed by atoms with E-state index in [4.69, 9.17) is 10.8 Å². The van der Waals surface area contributed by atoms with E-state index in [9.17, 15) is 9.59 Å². The molecular weight excluding hydrogens is 254 g/mol. The maximum atomic E-state index is 11.3. The van der Waals surface area contributed by atoms with Crippen LogP contribution in [-0.4, -0.2) is 17.0 Å². The summed E-state index contributed by atoms with van der Waals surface area (Å²) >= 11 is 0. The SMILES string of the molecule is NC(=O)[C@@H](CC(=O)O)c1ccc(-c2ccccc2)cc1. The van der Waals surface area contributed by atoms with Crippen LogP contribution in [0, 0.1) is 0 Å². The van der Waals surface area contributed by atoms with E-state index in [0.29, 0.717) is 5.56 Å². The number of aliphatic carboxylic acids is 1. The van der Waals surface area contributed by atoms with Gasteiger partial charge in [-0.25, -0.2) is 0 Å². The molecule has 3 N–H and O–H groups in total. The first kappa shape index (κ1) is 13.8. The zero-order valence-electron chi connectivity index (χ0n) is 10.8. The van der Waals surface area contributed by atoms with Crippen LogP contribution < -0.4 is 5.73 Å². The summed E-state index contributed by atoms with van der Waals surface area (Å²) in [6.07, 6.45) is -0.292. The summed E-state index contributed by atoms with van der Waals surface area (Å²) in [5, 5.41) is 8.82. The third kappa shape index (κ3) is 3.23. The highest BCUT2D eigenvalue weighted by Gasteiger charge is 2.21. The van der Waals surface area contributed by atoms with E-state index in [1.165, 1.54) is 0 Å². The van der Waals surface area contributed by atoms with Crippen molar-refractivity contribution in [2.75, 3.05) is 0 Å². The highest BCUT2D eigenvalue weighted by molar-refractivity contribution is 5.86. The van der Waals surface area contributed by atoms with Crippen LogP contribution in [0.3, 0.4) is 0 Å². The van der Waals surface area contributed by atoms with Crippen LogP contribution >= 0.6 is 0 Å². The second-order valence-corrected chi connectivity index (χ2v) is 4.54. The van der Waals surface area contributed by atoms with Crippen molar-refractivity contribution in [3.63, 3.8) is 0 Å². The van der Waals surface area contributed by atoms with E-state index in [2.05, 4.69) is 0 Å². The van der Waals surface area contributed by atoms with E-state index in [1.807, 2.05) is 42.5 Å². The molecule has 2 aromatic carbocycles. The van der Waals surface area contributed by atoms with Gasteiger partial charge in [0.15, 0.2) is 0 Å². The molecule has 0 spiro atoms. The van der Waals surface area contributed by atoms with Gasteiger partial charge >= 0.3 is 5.97 Å². The van der Waals surface area contributed by atoms with Crippen LogP contribution in [0.1, 0.15) is 17.9 Å². The largest absolute Gasteiger partial charge is 0.481 e. The number of amides is 1. The molecule has 0 aliphatic heterocycles. The van der Waals surface area contributed by atoms with Crippen LogP contribution in [0.5, 0.6) is 0 Å². The van der Waals surface area contributed by atoms with Gasteiger partial charge in [-0.15, -0.1) is 0 Å². The van der Waals surface area contributed by atoms with Crippen LogP contribution in [0.15, 0.2) is 54.6 Å². The molecule has 0 saturated heterocycles. The average molecular weight is 269 g/mol. The minimum absolute atomic E-state index is 0.292. The number of rotatable bonds is 5. The number of benzene rings is 2. The van der Waals surface area contributed by atoms with Gasteiger partial charge < -0.3 is 10.8 Å². The van der Waals surface area contributed by atoms with Gasteiger partial charge in [0, 0.05) is 0 Å². The van der Waals surface area contributed by atoms with Crippen molar-refractivity contribution in [1.82, 2.24) is 0 Å². The topological polar surface area (TPSA) is 80.4 Å². The molecule has 1 atom stereocenters. The summed E-state index contributed by atoms with van der Waals surface area (Å²) in [6.45, 7) is 0. The molecule has 0 aliphatic carbocycles. The Morgan fingerprint density at radius 3 is 2.00 bits per heavy atom. The maximum absolute atomic E-state index is 11.3. The van der Waals surface area contributed by atoms with Crippen molar-refractivity contribution in [2.45, 2.75) is 12.3 Å². The number of nitrogens with two attached hydrogens (primary N) is 1. The van der Waals surface area contributed by atoms with Crippen LogP contribution in [0.2, 0.25) is 0 Å². The van der Waals surface area contributed by atoms with Gasteiger partial charge in [0.05, 0.1) is 12.3 Å². The first-order chi connectivity index (χ1) is 9.58. The molecule has 0 fully saturated rings. The van der Waals surface area contributed by atoms with Crippen molar-refractivity contribution >= 4 is 11.9 Å². The summed E-state index contributed by atoms with van der Waals surface area (Å²) in [7, 11) is 0. The number of hydrogen-bond acceptors (Lipinski definition) is 2. The second kappa shape index (κ2) is 6.02. The number of primary amides is 1. The van der Waals surface area contributed by atoms with Gasteiger partial charge in [0.1, 0.15) is 0 Å². The van der Waals surface area contributed by atoms with Crippen molar-refractivity contribution in [3.05, 3.63) is 60.2 Å². The van der Waals surface area contributed by atoms with Gasteiger partial charge in [-0.05, 0) is 16.7 Å². The lowest BCUT2D eigenvalue weighted by molar-refractivity contribution is -0.139. The predicted octanol–water partition coefficient (Wildman–Crippen LogP) is 2.40. The summed E-state index contributed by atoms with van der Waals surface area (Å²) in [5.41, 5.74) is 7.96. The fourth-order valence-corrected chi connectivity index (χ4v) is 2.10. The minimum Gasteiger partial charge on any atom is -0.481 e. The van der Waals surface area contributed by atoms with Crippen molar-refractivity contribution in [3.8, 4) is 11.1 Å². The van der Waals surface area contributed by atoms with Crippen molar-refractivity contribution in [1.29, 1.82) is 0 Å². The van der Waals surface area contributed by atoms with E-state index in [1.54, 1.807) is 12.1 Å². The zero-order valence-corrected chi connectivity index (χ0v) is 10.8. The van der Waals surface area contributed by atoms with Crippen LogP contribution in [0.4, 0.5) is 0 Å². The quantitative estimate of drug-likeness (QED) is 0.874. The smallest absolute Gasteiger partial charge is 0.304 e. The standard InChI is InChI=1S/C16H15NO3/c17-16(20)14(10-15(18)19)13-8-6-12(7-9-13)11-4-2-1-3-5-11/h1-9,14H,10H2,(H2,17,20)(H,18,19)/t14-/m0/s1. The molecule has 20 heavy (non-hydrogen) atoms. The molecule has 0 saturated carbocycles. The lowest BCUT2D eigenvalue weighted by Gasteiger charge is -2.12. The summed E-state index contributed by atoms with van der Waals surface area (Å²) in [6, 6.07) is 17.0. The molecular formula is C16H15NO3. The van der Waals surface area contributed by atoms with Crippen LogP contribution in [-0.2, 0) is 9.59 Å². The molecule has 0 radical (unpaired) electrons. The predicted molar refractivity (Wildman–Crippen MR) is 76.1 cm³/mol. The highest BCUT2D eigenvalue weighted by atomic mass is 16.4. The number of carboxylic acid groups (broad SMARTS) is 1. The molecule has 0 aliphatic rings. The first-order valence-corrected chi connectivity index (χ1v) is 6.24. The Balaban J connectivity index is 2.27. The first-order valence-electron chi connectivity index (χ1n) is 6.24. The van der Waals surface area contributed by atoms with E-state index >= 15 is 0 Å². The number of carboxylic acids is 1. The van der Waals surface area contributed by atoms with Gasteiger partial charge in [-0.1, -0.05) is 54.6 Å². The molecule has 4 heteroatoms. The molecule has 0 bridgehead atoms. The average Bonchev–Trinajstić information content (AvgIpc) is 2.45. The molecule has 4 nitrogen and oxygen atoms in total. The Hall–Kier alpha value is -2.62. The highest BCUT2D eigenvalue weighted by Crippen LogP contribution is 2.24. The fraction of sp³-hybridized carbons (Fsp3) is 0.125. The number of carbonyl (C=O) groups excluding carboxylic acids is 1. The normalized spacial score (nSPS) is 11.8. The fourth-order valence-electron chi connectivity index (χ4n) is 2.10. The van der Waals surface area contributed by atoms with Crippen LogP contribution in [0.25, 0.3) is 11.1 Å². The zero-order chi connectivity index (χ0) is 14.5. The second-order valence-electron chi connectivity index (χ2n) is 4.54. The molecule has 102 valence electrons. The Kier molecular flexibility index (Phi) is 4.15. The van der Waals surface area contributed by atoms with Gasteiger partial charge in [0.2, 0.25) is 5.91 Å². The molecule has 1 amide bonds. The van der Waals surface area contributed by atoms with Gasteiger partial charge in [0.25, 0.3) is 0 Å². The summed E-state index contributed by atoms with van der Waals surface area (Å²) in [5.74, 6) is -2.46. The Bertz CT molecular complexity index is 605. The monoisotopic (exact) mass is 269 g/mol. The molecule has 2 rings (SSSR count). The van der Waals surface area contributed by atoms with Gasteiger partial charge in [-0.2, -0.15) is 0 Å². The lowest BCUT2D eigenvalue weighted by atomic mass is 9.93. The lowest BCUT2D eigenvalue weighted by Crippen LogP contribution is -2.23. The molecule has 2 aromatic rings. The van der Waals surface area contributed by atoms with E-state index < -0.39 is 17.8 Å². The van der Waals surface area contributed by atoms with Gasteiger partial charge in [-0.3, -0.25) is 9.59 Å². The third-order valence-corrected chi connectivity index (χ3v) is 3.14. The van der Waals surface area contributed by atoms with Crippen molar-refractivity contribution in [2.24, 2.45) is 5.73 Å². The van der Waals surface area contributed by atoms with Crippen molar-refractivity contribution < 1.29 is 14.7 Å².